The fraction of sp³-hybridized carbons (Fsp3) is 0.750. The molecule has 0 radical (unpaired) electrons. The van der Waals surface area contributed by atoms with Crippen molar-refractivity contribution >= 4 is 27.2 Å². The minimum atomic E-state index is -1.37. The van der Waals surface area contributed by atoms with Gasteiger partial charge in [0.1, 0.15) is 0 Å². The van der Waals surface area contributed by atoms with E-state index in [1.54, 1.807) is 10.4 Å². The molecule has 1 aromatic rings. The molecule has 0 aliphatic heterocycles. The van der Waals surface area contributed by atoms with Crippen molar-refractivity contribution in [2.45, 2.75) is 116 Å². The van der Waals surface area contributed by atoms with Gasteiger partial charge in [0.25, 0.3) is 0 Å². The minimum Gasteiger partial charge on any atom is -0.0682 e. The van der Waals surface area contributed by atoms with Crippen LogP contribution in [0.1, 0.15) is 84.5 Å². The smallest absolute Gasteiger partial charge is 0.0682 e. The summed E-state index contributed by atoms with van der Waals surface area (Å²) < 4.78 is 0. The molecule has 0 heterocycles. The summed E-state index contributed by atoms with van der Waals surface area (Å²) in [6, 6.07) is 9.90. The van der Waals surface area contributed by atoms with Gasteiger partial charge in [-0.05, 0) is 5.54 Å². The van der Waals surface area contributed by atoms with Gasteiger partial charge in [0.2, 0.25) is 0 Å². The Morgan fingerprint density at radius 2 is 1.23 bits per heavy atom. The fourth-order valence-corrected chi connectivity index (χ4v) is 8.51. The Morgan fingerprint density at radius 1 is 0.731 bits per heavy atom. The summed E-state index contributed by atoms with van der Waals surface area (Å²) in [5.74, 6) is 0. The zero-order valence-corrected chi connectivity index (χ0v) is 20.9. The Hall–Kier alpha value is -0.346. The van der Waals surface area contributed by atoms with Gasteiger partial charge >= 0.3 is 0 Å². The largest absolute Gasteiger partial charge is 0.0836 e. The average molecular weight is 391 g/mol. The number of hydrogen-bond acceptors (Lipinski definition) is 0. The number of benzene rings is 1. The third-order valence-electron chi connectivity index (χ3n) is 6.40. The highest BCUT2D eigenvalue weighted by Gasteiger charge is 2.32. The molecular weight excluding hydrogens is 344 g/mol. The van der Waals surface area contributed by atoms with Crippen molar-refractivity contribution in [3.8, 4) is 0 Å². The third-order valence-corrected chi connectivity index (χ3v) is 12.6. The van der Waals surface area contributed by atoms with E-state index in [4.69, 9.17) is 0 Å². The van der Waals surface area contributed by atoms with Gasteiger partial charge in [-0.3, -0.25) is 0 Å². The van der Waals surface area contributed by atoms with E-state index < -0.39 is 16.9 Å². The molecular formula is C24H46Si2. The van der Waals surface area contributed by atoms with Gasteiger partial charge in [-0.1, -0.05) is 145 Å². The van der Waals surface area contributed by atoms with E-state index in [-0.39, 0.29) is 0 Å². The van der Waals surface area contributed by atoms with Gasteiger partial charge in [-0.2, -0.15) is 0 Å². The molecule has 0 nitrogen and oxygen atoms in total. The van der Waals surface area contributed by atoms with Crippen LogP contribution in [0.3, 0.4) is 0 Å². The highest BCUT2D eigenvalue weighted by molar-refractivity contribution is 6.91. The molecule has 26 heavy (non-hydrogen) atoms. The number of hydrogen-bond donors (Lipinski definition) is 0. The maximum absolute atomic E-state index is 2.64. The Balaban J connectivity index is 2.63. The second kappa shape index (κ2) is 12.9. The van der Waals surface area contributed by atoms with Crippen LogP contribution in [0.2, 0.25) is 31.7 Å². The Labute approximate surface area is 167 Å². The van der Waals surface area contributed by atoms with Gasteiger partial charge in [-0.25, -0.2) is 0 Å². The molecule has 1 unspecified atom stereocenters. The first kappa shape index (κ1) is 23.7. The van der Waals surface area contributed by atoms with Crippen LogP contribution in [0.25, 0.3) is 0 Å². The summed E-state index contributed by atoms with van der Waals surface area (Å²) in [7, 11) is -2.04. The van der Waals surface area contributed by atoms with Crippen molar-refractivity contribution < 1.29 is 0 Å². The van der Waals surface area contributed by atoms with Crippen molar-refractivity contribution in [2.24, 2.45) is 0 Å². The molecule has 0 aliphatic rings. The molecule has 1 atom stereocenters. The van der Waals surface area contributed by atoms with Crippen LogP contribution in [0.5, 0.6) is 0 Å². The Morgan fingerprint density at radius 3 is 1.77 bits per heavy atom. The number of rotatable bonds is 14. The van der Waals surface area contributed by atoms with E-state index in [9.17, 15) is 0 Å². The van der Waals surface area contributed by atoms with Gasteiger partial charge in [0.15, 0.2) is 0 Å². The summed E-state index contributed by atoms with van der Waals surface area (Å²) in [6.07, 6.45) is 15.7. The van der Waals surface area contributed by atoms with Gasteiger partial charge < -0.3 is 0 Å². The summed E-state index contributed by atoms with van der Waals surface area (Å²) in [4.78, 5) is 0. The molecule has 0 bridgehead atoms. The minimum absolute atomic E-state index is 0.666. The van der Waals surface area contributed by atoms with Crippen molar-refractivity contribution in [1.82, 2.24) is 0 Å². The second-order valence-electron chi connectivity index (χ2n) is 9.25. The van der Waals surface area contributed by atoms with Crippen LogP contribution in [-0.2, 0) is 0 Å². The lowest BCUT2D eigenvalue weighted by atomic mass is 10.0. The number of unbranched alkanes of at least 4 members (excludes halogenated alkanes) is 7. The normalized spacial score (nSPS) is 13.3. The Bertz CT molecular complexity index is 462. The van der Waals surface area contributed by atoms with Crippen molar-refractivity contribution in [1.29, 1.82) is 0 Å². The summed E-state index contributed by atoms with van der Waals surface area (Å²) in [5, 5.41) is 3.32. The quantitative estimate of drug-likeness (QED) is 0.237. The van der Waals surface area contributed by atoms with E-state index >= 15 is 0 Å². The maximum atomic E-state index is 2.64. The standard InChI is InChI=1S/C24H46Si2/c1-7-9-11-12-13-14-15-17-23(16-10-8-2)26(5,6)24-20-18-22(19-21-24)25(3)4/h18-21,23,25H,7-17H2,1-6H3. The summed E-state index contributed by atoms with van der Waals surface area (Å²) >= 11 is 0. The zero-order chi connectivity index (χ0) is 19.4. The van der Waals surface area contributed by atoms with Crippen molar-refractivity contribution in [3.63, 3.8) is 0 Å². The van der Waals surface area contributed by atoms with Gasteiger partial charge in [-0.15, -0.1) is 0 Å². The monoisotopic (exact) mass is 390 g/mol. The molecule has 0 spiro atoms. The SMILES string of the molecule is CCCCCCCCCC(CCCC)[Si](C)(C)c1ccc([SiH](C)C)cc1. The van der Waals surface area contributed by atoms with Gasteiger partial charge in [0, 0.05) is 0 Å². The second-order valence-corrected chi connectivity index (χ2v) is 17.1. The molecule has 0 fully saturated rings. The molecule has 0 amide bonds. The maximum Gasteiger partial charge on any atom is 0.0836 e. The predicted octanol–water partition coefficient (Wildman–Crippen LogP) is 7.00. The molecule has 0 saturated carbocycles. The fourth-order valence-electron chi connectivity index (χ4n) is 4.20. The van der Waals surface area contributed by atoms with Crippen molar-refractivity contribution in [3.05, 3.63) is 24.3 Å². The van der Waals surface area contributed by atoms with Gasteiger partial charge in [0.05, 0.1) is 16.9 Å². The van der Waals surface area contributed by atoms with Crippen LogP contribution in [-0.4, -0.2) is 16.9 Å². The molecule has 0 aromatic heterocycles. The highest BCUT2D eigenvalue weighted by Crippen LogP contribution is 2.33. The zero-order valence-electron chi connectivity index (χ0n) is 18.7. The molecule has 150 valence electrons. The van der Waals surface area contributed by atoms with Crippen LogP contribution in [0.15, 0.2) is 24.3 Å². The first-order valence-electron chi connectivity index (χ1n) is 11.5. The molecule has 1 aromatic carbocycles. The third kappa shape index (κ3) is 8.12. The lowest BCUT2D eigenvalue weighted by Crippen LogP contribution is -2.46. The molecule has 2 heteroatoms. The first-order valence-corrected chi connectivity index (χ1v) is 17.5. The van der Waals surface area contributed by atoms with Crippen LogP contribution in [0.4, 0.5) is 0 Å². The molecule has 0 saturated heterocycles. The van der Waals surface area contributed by atoms with E-state index in [1.807, 2.05) is 0 Å². The first-order chi connectivity index (χ1) is 12.4. The topological polar surface area (TPSA) is 0 Å². The lowest BCUT2D eigenvalue weighted by Gasteiger charge is -2.34. The van der Waals surface area contributed by atoms with Crippen LogP contribution < -0.4 is 10.4 Å². The molecule has 0 aliphatic carbocycles. The predicted molar refractivity (Wildman–Crippen MR) is 128 cm³/mol. The van der Waals surface area contributed by atoms with Crippen molar-refractivity contribution in [2.75, 3.05) is 0 Å². The molecule has 0 N–H and O–H groups in total. The summed E-state index contributed by atoms with van der Waals surface area (Å²) in [5.41, 5.74) is 0.959. The lowest BCUT2D eigenvalue weighted by molar-refractivity contribution is 0.541. The van der Waals surface area contributed by atoms with Crippen LogP contribution >= 0.6 is 0 Å². The van der Waals surface area contributed by atoms with E-state index in [0.717, 1.165) is 5.54 Å². The van der Waals surface area contributed by atoms with E-state index in [2.05, 4.69) is 64.3 Å². The summed E-state index contributed by atoms with van der Waals surface area (Å²) in [6.45, 7) is 14.8. The highest BCUT2D eigenvalue weighted by atomic mass is 28.3. The molecule has 1 rings (SSSR count). The Kier molecular flexibility index (Phi) is 11.8. The van der Waals surface area contributed by atoms with E-state index in [1.165, 1.54) is 70.6 Å². The van der Waals surface area contributed by atoms with E-state index in [0.29, 0.717) is 0 Å². The average Bonchev–Trinajstić information content (AvgIpc) is 2.63. The van der Waals surface area contributed by atoms with Crippen LogP contribution in [0, 0.1) is 0 Å².